The zero-order valence-electron chi connectivity index (χ0n) is 14.6. The molecule has 1 amide bonds. The van der Waals surface area contributed by atoms with E-state index in [0.717, 1.165) is 23.0 Å². The highest BCUT2D eigenvalue weighted by Gasteiger charge is 2.27. The first-order valence-corrected chi connectivity index (χ1v) is 7.73. The smallest absolute Gasteiger partial charge is 0.253 e. The van der Waals surface area contributed by atoms with Crippen LogP contribution in [0.4, 0.5) is 0 Å². The van der Waals surface area contributed by atoms with Crippen molar-refractivity contribution in [2.75, 3.05) is 6.54 Å². The number of benzene rings is 1. The SMILES string of the molecule is Cc1ccc2cccc(C(=O)NC(C)(CN)CC(C)C)c2n1.Cl.Cl. The van der Waals surface area contributed by atoms with E-state index < -0.39 is 5.54 Å². The molecule has 1 unspecified atom stereocenters. The summed E-state index contributed by atoms with van der Waals surface area (Å²) in [6, 6.07) is 9.61. The number of fused-ring (bicyclic) bond motifs is 1. The van der Waals surface area contributed by atoms with Crippen molar-refractivity contribution >= 4 is 41.6 Å². The molecule has 0 spiro atoms. The topological polar surface area (TPSA) is 68.0 Å². The molecule has 1 aromatic carbocycles. The molecular formula is C18H27Cl2N3O. The number of nitrogens with one attached hydrogen (secondary N) is 1. The van der Waals surface area contributed by atoms with Gasteiger partial charge >= 0.3 is 0 Å². The average Bonchev–Trinajstić information content (AvgIpc) is 2.45. The Hall–Kier alpha value is -1.36. The van der Waals surface area contributed by atoms with Crippen LogP contribution in [0, 0.1) is 12.8 Å². The number of rotatable bonds is 5. The molecule has 2 aromatic rings. The van der Waals surface area contributed by atoms with Crippen LogP contribution in [-0.4, -0.2) is 23.0 Å². The van der Waals surface area contributed by atoms with Crippen molar-refractivity contribution in [3.8, 4) is 0 Å². The Morgan fingerprint density at radius 1 is 1.25 bits per heavy atom. The van der Waals surface area contributed by atoms with Crippen LogP contribution in [0.3, 0.4) is 0 Å². The molecule has 1 heterocycles. The molecule has 0 aliphatic rings. The summed E-state index contributed by atoms with van der Waals surface area (Å²) in [6.07, 6.45) is 0.840. The molecule has 0 radical (unpaired) electrons. The van der Waals surface area contributed by atoms with Crippen LogP contribution in [0.1, 0.15) is 43.2 Å². The molecule has 0 bridgehead atoms. The number of nitrogens with two attached hydrogens (primary N) is 1. The van der Waals surface area contributed by atoms with E-state index in [4.69, 9.17) is 5.73 Å². The molecule has 24 heavy (non-hydrogen) atoms. The fraction of sp³-hybridized carbons (Fsp3) is 0.444. The van der Waals surface area contributed by atoms with Gasteiger partial charge in [0.25, 0.3) is 5.91 Å². The molecule has 1 atom stereocenters. The van der Waals surface area contributed by atoms with Gasteiger partial charge < -0.3 is 11.1 Å². The Morgan fingerprint density at radius 2 is 1.92 bits per heavy atom. The molecule has 4 nitrogen and oxygen atoms in total. The quantitative estimate of drug-likeness (QED) is 0.837. The number of aromatic nitrogens is 1. The monoisotopic (exact) mass is 371 g/mol. The van der Waals surface area contributed by atoms with Crippen molar-refractivity contribution in [3.63, 3.8) is 0 Å². The lowest BCUT2D eigenvalue weighted by Crippen LogP contribution is -2.52. The van der Waals surface area contributed by atoms with Gasteiger partial charge in [0, 0.05) is 23.2 Å². The Bertz CT molecular complexity index is 691. The first-order chi connectivity index (χ1) is 10.3. The molecule has 0 saturated carbocycles. The molecule has 134 valence electrons. The fourth-order valence-electron chi connectivity index (χ4n) is 2.86. The van der Waals surface area contributed by atoms with Crippen molar-refractivity contribution in [1.29, 1.82) is 0 Å². The Balaban J connectivity index is 0.00000264. The first kappa shape index (κ1) is 22.6. The molecule has 0 aliphatic heterocycles. The van der Waals surface area contributed by atoms with Crippen LogP contribution < -0.4 is 11.1 Å². The second kappa shape index (κ2) is 9.21. The number of carbonyl (C=O) groups excluding carboxylic acids is 1. The summed E-state index contributed by atoms with van der Waals surface area (Å²) in [6.45, 7) is 8.59. The standard InChI is InChI=1S/C18H25N3O.2ClH/c1-12(2)10-18(4,11-19)21-17(22)15-7-5-6-14-9-8-13(3)20-16(14)15;;/h5-9,12H,10-11,19H2,1-4H3,(H,21,22);2*1H. The van der Waals surface area contributed by atoms with Gasteiger partial charge in [-0.2, -0.15) is 0 Å². The van der Waals surface area contributed by atoms with Gasteiger partial charge in [0.15, 0.2) is 0 Å². The summed E-state index contributed by atoms with van der Waals surface area (Å²) in [4.78, 5) is 17.2. The predicted molar refractivity (Wildman–Crippen MR) is 105 cm³/mol. The summed E-state index contributed by atoms with van der Waals surface area (Å²) >= 11 is 0. The fourth-order valence-corrected chi connectivity index (χ4v) is 2.86. The number of aryl methyl sites for hydroxylation is 1. The van der Waals surface area contributed by atoms with Gasteiger partial charge in [-0.1, -0.05) is 32.0 Å². The molecule has 1 aromatic heterocycles. The van der Waals surface area contributed by atoms with Crippen LogP contribution in [0.25, 0.3) is 10.9 Å². The highest BCUT2D eigenvalue weighted by atomic mass is 35.5. The molecule has 0 fully saturated rings. The molecule has 3 N–H and O–H groups in total. The van der Waals surface area contributed by atoms with Crippen LogP contribution in [0.2, 0.25) is 0 Å². The third-order valence-corrected chi connectivity index (χ3v) is 3.83. The van der Waals surface area contributed by atoms with E-state index in [-0.39, 0.29) is 30.7 Å². The predicted octanol–water partition coefficient (Wildman–Crippen LogP) is 3.88. The molecule has 0 aliphatic carbocycles. The maximum atomic E-state index is 12.7. The Kier molecular flexibility index (Phi) is 8.69. The van der Waals surface area contributed by atoms with Crippen LogP contribution in [0.5, 0.6) is 0 Å². The summed E-state index contributed by atoms with van der Waals surface area (Å²) in [5, 5.41) is 4.07. The largest absolute Gasteiger partial charge is 0.346 e. The zero-order valence-corrected chi connectivity index (χ0v) is 16.3. The van der Waals surface area contributed by atoms with Crippen LogP contribution in [0.15, 0.2) is 30.3 Å². The van der Waals surface area contributed by atoms with Crippen molar-refractivity contribution in [2.24, 2.45) is 11.7 Å². The second-order valence-corrected chi connectivity index (χ2v) is 6.65. The highest BCUT2D eigenvalue weighted by Crippen LogP contribution is 2.20. The minimum Gasteiger partial charge on any atom is -0.346 e. The van der Waals surface area contributed by atoms with Gasteiger partial charge in [-0.25, -0.2) is 0 Å². The molecule has 2 rings (SSSR count). The zero-order chi connectivity index (χ0) is 16.3. The molecule has 6 heteroatoms. The number of nitrogens with zero attached hydrogens (tertiary/aromatic N) is 1. The summed E-state index contributed by atoms with van der Waals surface area (Å²) in [5.41, 5.74) is 7.72. The molecular weight excluding hydrogens is 345 g/mol. The minimum atomic E-state index is -0.406. The van der Waals surface area contributed by atoms with E-state index in [9.17, 15) is 4.79 Å². The maximum Gasteiger partial charge on any atom is 0.253 e. The van der Waals surface area contributed by atoms with E-state index in [0.29, 0.717) is 18.0 Å². The van der Waals surface area contributed by atoms with Crippen LogP contribution >= 0.6 is 24.8 Å². The number of hydrogen-bond acceptors (Lipinski definition) is 3. The Morgan fingerprint density at radius 3 is 2.50 bits per heavy atom. The first-order valence-electron chi connectivity index (χ1n) is 7.73. The summed E-state index contributed by atoms with van der Waals surface area (Å²) in [5.74, 6) is 0.346. The van der Waals surface area contributed by atoms with Crippen molar-refractivity contribution in [2.45, 2.75) is 39.7 Å². The average molecular weight is 372 g/mol. The number of hydrogen-bond donors (Lipinski definition) is 2. The number of pyridine rings is 1. The van der Waals surface area contributed by atoms with E-state index in [1.54, 1.807) is 0 Å². The molecule has 0 saturated heterocycles. The number of carbonyl (C=O) groups is 1. The summed E-state index contributed by atoms with van der Waals surface area (Å²) < 4.78 is 0. The Labute approximate surface area is 156 Å². The van der Waals surface area contributed by atoms with Gasteiger partial charge in [-0.15, -0.1) is 24.8 Å². The normalized spacial score (nSPS) is 12.9. The van der Waals surface area contributed by atoms with Crippen LogP contribution in [-0.2, 0) is 0 Å². The third-order valence-electron chi connectivity index (χ3n) is 3.83. The van der Waals surface area contributed by atoms with E-state index in [1.807, 2.05) is 44.2 Å². The number of para-hydroxylation sites is 1. The maximum absolute atomic E-state index is 12.7. The van der Waals surface area contributed by atoms with Gasteiger partial charge in [-0.05, 0) is 38.3 Å². The van der Waals surface area contributed by atoms with Crippen molar-refractivity contribution < 1.29 is 4.79 Å². The lowest BCUT2D eigenvalue weighted by molar-refractivity contribution is 0.0900. The number of halogens is 2. The van der Waals surface area contributed by atoms with Crippen molar-refractivity contribution in [1.82, 2.24) is 10.3 Å². The van der Waals surface area contributed by atoms with E-state index in [2.05, 4.69) is 24.1 Å². The van der Waals surface area contributed by atoms with Gasteiger partial charge in [0.1, 0.15) is 0 Å². The van der Waals surface area contributed by atoms with Gasteiger partial charge in [0.05, 0.1) is 11.1 Å². The lowest BCUT2D eigenvalue weighted by Gasteiger charge is -2.31. The van der Waals surface area contributed by atoms with Gasteiger partial charge in [0.2, 0.25) is 0 Å². The summed E-state index contributed by atoms with van der Waals surface area (Å²) in [7, 11) is 0. The minimum absolute atomic E-state index is 0. The van der Waals surface area contributed by atoms with Crippen molar-refractivity contribution in [3.05, 3.63) is 41.6 Å². The lowest BCUT2D eigenvalue weighted by atomic mass is 9.90. The third kappa shape index (κ3) is 5.33. The number of amides is 1. The van der Waals surface area contributed by atoms with E-state index >= 15 is 0 Å². The van der Waals surface area contributed by atoms with E-state index in [1.165, 1.54) is 0 Å². The van der Waals surface area contributed by atoms with Gasteiger partial charge in [-0.3, -0.25) is 9.78 Å². The second-order valence-electron chi connectivity index (χ2n) is 6.65. The highest BCUT2D eigenvalue weighted by molar-refractivity contribution is 6.05.